The topological polar surface area (TPSA) is 46.5 Å². The van der Waals surface area contributed by atoms with Crippen molar-refractivity contribution in [2.24, 2.45) is 28.6 Å². The van der Waals surface area contributed by atoms with Crippen molar-refractivity contribution in [2.45, 2.75) is 70.8 Å². The zero-order valence-corrected chi connectivity index (χ0v) is 15.4. The normalized spacial score (nSPS) is 50.8. The fraction of sp³-hybridized carbons (Fsp3) is 0.857. The maximum Gasteiger partial charge on any atom is 0.139 e. The molecule has 0 saturated heterocycles. The number of carbonyl (C=O) groups excluding carboxylic acids is 1. The third kappa shape index (κ3) is 2.20. The van der Waals surface area contributed by atoms with Crippen LogP contribution < -0.4 is 0 Å². The predicted molar refractivity (Wildman–Crippen MR) is 93.5 cm³/mol. The highest BCUT2D eigenvalue weighted by Gasteiger charge is 2.60. The molecule has 0 spiro atoms. The van der Waals surface area contributed by atoms with Crippen LogP contribution in [0.15, 0.2) is 11.6 Å². The molecule has 0 aromatic carbocycles. The van der Waals surface area contributed by atoms with Crippen LogP contribution in [0.2, 0.25) is 0 Å². The molecule has 0 bridgehead atoms. The molecule has 0 aromatic heterocycles. The lowest BCUT2D eigenvalue weighted by Crippen LogP contribution is -2.54. The van der Waals surface area contributed by atoms with Gasteiger partial charge < -0.3 is 9.84 Å². The number of rotatable bonds is 2. The molecule has 4 aliphatic rings. The highest BCUT2D eigenvalue weighted by atomic mass is 16.5. The average molecular weight is 332 g/mol. The molecule has 0 amide bonds. The van der Waals surface area contributed by atoms with Crippen LogP contribution in [0, 0.1) is 28.6 Å². The van der Waals surface area contributed by atoms with Crippen LogP contribution in [-0.4, -0.2) is 30.2 Å². The molecule has 0 unspecified atom stereocenters. The molecule has 4 rings (SSSR count). The van der Waals surface area contributed by atoms with E-state index in [0.29, 0.717) is 23.5 Å². The van der Waals surface area contributed by atoms with E-state index in [1.807, 2.05) is 14.0 Å². The highest BCUT2D eigenvalue weighted by Crippen LogP contribution is 2.64. The van der Waals surface area contributed by atoms with Crippen LogP contribution in [0.3, 0.4) is 0 Å². The Bertz CT molecular complexity index is 578. The minimum absolute atomic E-state index is 0.0685. The minimum atomic E-state index is -0.567. The third-order valence-electron chi connectivity index (χ3n) is 8.21. The highest BCUT2D eigenvalue weighted by molar-refractivity contribution is 5.87. The van der Waals surface area contributed by atoms with Crippen molar-refractivity contribution in [3.63, 3.8) is 0 Å². The summed E-state index contributed by atoms with van der Waals surface area (Å²) in [7, 11) is 1.81. The van der Waals surface area contributed by atoms with Gasteiger partial charge in [-0.25, -0.2) is 0 Å². The Morgan fingerprint density at radius 2 is 2.00 bits per heavy atom. The number of ether oxygens (including phenoxy) is 1. The number of allylic oxidation sites excluding steroid dienone is 1. The van der Waals surface area contributed by atoms with Gasteiger partial charge >= 0.3 is 0 Å². The van der Waals surface area contributed by atoms with Crippen molar-refractivity contribution < 1.29 is 14.6 Å². The predicted octanol–water partition coefficient (Wildman–Crippen LogP) is 3.90. The lowest BCUT2D eigenvalue weighted by molar-refractivity contribution is -0.134. The van der Waals surface area contributed by atoms with Gasteiger partial charge in [0.05, 0.1) is 12.2 Å². The lowest BCUT2D eigenvalue weighted by atomic mass is 9.47. The van der Waals surface area contributed by atoms with Crippen molar-refractivity contribution in [1.82, 2.24) is 0 Å². The van der Waals surface area contributed by atoms with Gasteiger partial charge in [0.15, 0.2) is 0 Å². The summed E-state index contributed by atoms with van der Waals surface area (Å²) in [5.74, 6) is 2.31. The maximum atomic E-state index is 12.5. The van der Waals surface area contributed by atoms with E-state index in [0.717, 1.165) is 58.0 Å². The molecule has 3 fully saturated rings. The van der Waals surface area contributed by atoms with Crippen LogP contribution in [0.25, 0.3) is 0 Å². The van der Waals surface area contributed by atoms with E-state index >= 15 is 0 Å². The Balaban J connectivity index is 1.72. The number of hydrogen-bond acceptors (Lipinski definition) is 3. The number of fused-ring (bicyclic) bond motifs is 5. The van der Waals surface area contributed by atoms with Crippen molar-refractivity contribution >= 4 is 5.78 Å². The first-order valence-electron chi connectivity index (χ1n) is 9.77. The van der Waals surface area contributed by atoms with Crippen molar-refractivity contribution in [3.05, 3.63) is 11.6 Å². The molecular formula is C21H32O3. The molecular weight excluding hydrogens is 300 g/mol. The van der Waals surface area contributed by atoms with Gasteiger partial charge in [0.2, 0.25) is 0 Å². The van der Waals surface area contributed by atoms with E-state index in [1.54, 1.807) is 0 Å². The summed E-state index contributed by atoms with van der Waals surface area (Å²) in [5.41, 5.74) is 0.908. The number of carbonyl (C=O) groups is 1. The van der Waals surface area contributed by atoms with Gasteiger partial charge in [0.25, 0.3) is 0 Å². The number of aliphatic hydroxyl groups is 1. The first-order valence-corrected chi connectivity index (χ1v) is 9.77. The van der Waals surface area contributed by atoms with Gasteiger partial charge in [0, 0.05) is 24.4 Å². The quantitative estimate of drug-likeness (QED) is 0.780. The summed E-state index contributed by atoms with van der Waals surface area (Å²) >= 11 is 0. The maximum absolute atomic E-state index is 12.5. The van der Waals surface area contributed by atoms with E-state index in [1.165, 1.54) is 5.57 Å². The van der Waals surface area contributed by atoms with Crippen molar-refractivity contribution in [3.8, 4) is 0 Å². The van der Waals surface area contributed by atoms with Crippen LogP contribution >= 0.6 is 0 Å². The summed E-state index contributed by atoms with van der Waals surface area (Å²) in [6.07, 6.45) is 10.3. The second-order valence-corrected chi connectivity index (χ2v) is 9.52. The molecule has 3 heteroatoms. The number of hydrogen-bond donors (Lipinski definition) is 1. The van der Waals surface area contributed by atoms with Crippen molar-refractivity contribution in [1.29, 1.82) is 0 Å². The molecule has 0 heterocycles. The Hall–Kier alpha value is -0.670. The van der Waals surface area contributed by atoms with Crippen LogP contribution in [0.4, 0.5) is 0 Å². The summed E-state index contributed by atoms with van der Waals surface area (Å²) in [6.45, 7) is 4.98. The van der Waals surface area contributed by atoms with E-state index in [-0.39, 0.29) is 10.8 Å². The van der Waals surface area contributed by atoms with Crippen molar-refractivity contribution in [2.75, 3.05) is 13.7 Å². The number of ketones is 1. The van der Waals surface area contributed by atoms with Crippen LogP contribution in [0.1, 0.15) is 65.2 Å². The van der Waals surface area contributed by atoms with E-state index < -0.39 is 5.60 Å². The summed E-state index contributed by atoms with van der Waals surface area (Å²) < 4.78 is 5.73. The molecule has 6 atom stereocenters. The number of Topliss-reactive ketones (excluding diaryl/α,β-unsaturated/α-hetero) is 1. The zero-order valence-electron chi connectivity index (χ0n) is 15.4. The smallest absolute Gasteiger partial charge is 0.139 e. The third-order valence-corrected chi connectivity index (χ3v) is 8.21. The molecule has 0 aromatic rings. The average Bonchev–Trinajstić information content (AvgIpc) is 2.83. The van der Waals surface area contributed by atoms with Crippen LogP contribution in [0.5, 0.6) is 0 Å². The Labute approximate surface area is 145 Å². The van der Waals surface area contributed by atoms with Gasteiger partial charge in [0.1, 0.15) is 5.78 Å². The van der Waals surface area contributed by atoms with Gasteiger partial charge in [-0.05, 0) is 69.6 Å². The molecule has 134 valence electrons. The van der Waals surface area contributed by atoms with Crippen LogP contribution in [-0.2, 0) is 9.53 Å². The lowest BCUT2D eigenvalue weighted by Gasteiger charge is -2.58. The molecule has 1 N–H and O–H groups in total. The van der Waals surface area contributed by atoms with E-state index in [9.17, 15) is 9.90 Å². The Morgan fingerprint density at radius 3 is 2.75 bits per heavy atom. The molecule has 0 aliphatic heterocycles. The second-order valence-electron chi connectivity index (χ2n) is 9.52. The molecule has 4 aliphatic carbocycles. The first kappa shape index (κ1) is 16.8. The standard InChI is InChI=1S/C21H32O3/c1-19(23)10-11-21(13-24-3)14(12-19)4-5-15-16-6-7-18(22)20(16,2)9-8-17(15)21/h4,15-17,23H,5-13H2,1-3H3/t15-,16-,17-,19-,20-,21+/m0/s1. The Morgan fingerprint density at radius 1 is 1.21 bits per heavy atom. The van der Waals surface area contributed by atoms with E-state index in [4.69, 9.17) is 4.74 Å². The zero-order chi connectivity index (χ0) is 17.2. The number of methoxy groups -OCH3 is 1. The van der Waals surface area contributed by atoms with Gasteiger partial charge in [-0.15, -0.1) is 0 Å². The molecule has 0 radical (unpaired) electrons. The Kier molecular flexibility index (Phi) is 3.78. The van der Waals surface area contributed by atoms with E-state index in [2.05, 4.69) is 13.0 Å². The summed E-state index contributed by atoms with van der Waals surface area (Å²) in [6, 6.07) is 0. The molecule has 3 saturated carbocycles. The first-order chi connectivity index (χ1) is 11.3. The molecule has 3 nitrogen and oxygen atoms in total. The fourth-order valence-corrected chi connectivity index (χ4v) is 6.91. The second kappa shape index (κ2) is 5.41. The molecule has 24 heavy (non-hydrogen) atoms. The van der Waals surface area contributed by atoms with Gasteiger partial charge in [-0.2, -0.15) is 0 Å². The van der Waals surface area contributed by atoms with Gasteiger partial charge in [-0.1, -0.05) is 18.6 Å². The van der Waals surface area contributed by atoms with Gasteiger partial charge in [-0.3, -0.25) is 4.79 Å². The monoisotopic (exact) mass is 332 g/mol. The summed E-state index contributed by atoms with van der Waals surface area (Å²) in [4.78, 5) is 12.5. The fourth-order valence-electron chi connectivity index (χ4n) is 6.91. The minimum Gasteiger partial charge on any atom is -0.390 e. The largest absolute Gasteiger partial charge is 0.390 e. The SMILES string of the molecule is COC[C@]12CC[C@](C)(O)CC1=CC[C@@H]1[C@@H]2CC[C@]2(C)C(=O)CC[C@@H]12. The summed E-state index contributed by atoms with van der Waals surface area (Å²) in [5, 5.41) is 10.6.